The van der Waals surface area contributed by atoms with Gasteiger partial charge in [0.1, 0.15) is 0 Å². The highest BCUT2D eigenvalue weighted by molar-refractivity contribution is 5.17. The Morgan fingerprint density at radius 1 is 1.17 bits per heavy atom. The summed E-state index contributed by atoms with van der Waals surface area (Å²) in [6.07, 6.45) is 1.99. The van der Waals surface area contributed by atoms with Crippen LogP contribution in [-0.4, -0.2) is 16.7 Å². The summed E-state index contributed by atoms with van der Waals surface area (Å²) in [5.41, 5.74) is 0.941. The van der Waals surface area contributed by atoms with Gasteiger partial charge in [0.15, 0.2) is 0 Å². The van der Waals surface area contributed by atoms with Gasteiger partial charge in [-0.25, -0.2) is 4.98 Å². The lowest BCUT2D eigenvalue weighted by Gasteiger charge is -2.20. The third kappa shape index (κ3) is 5.50. The molecule has 0 aromatic carbocycles. The number of hydrogen-bond acceptors (Lipinski definition) is 3. The zero-order chi connectivity index (χ0) is 13.8. The van der Waals surface area contributed by atoms with Gasteiger partial charge in [-0.05, 0) is 45.2 Å². The van der Waals surface area contributed by atoms with E-state index in [0.717, 1.165) is 5.56 Å². The number of rotatable bonds is 5. The van der Waals surface area contributed by atoms with E-state index in [9.17, 15) is 0 Å². The lowest BCUT2D eigenvalue weighted by molar-refractivity contribution is -0.0151. The first-order valence-electron chi connectivity index (χ1n) is 6.53. The number of ether oxygens (including phenoxy) is 2. The fourth-order valence-electron chi connectivity index (χ4n) is 1.19. The molecule has 0 unspecified atom stereocenters. The Morgan fingerprint density at radius 2 is 1.83 bits per heavy atom. The Hall–Kier alpha value is -1.09. The summed E-state index contributed by atoms with van der Waals surface area (Å²) in [6.45, 7) is 13.0. The van der Waals surface area contributed by atoms with Crippen molar-refractivity contribution in [3.63, 3.8) is 0 Å². The second kappa shape index (κ2) is 6.19. The standard InChI is InChI=1S/C15H25NO2/c1-11(2)12(3)18-14-8-7-13(9-16-14)10-17-15(4,5)6/h7-9,11-12H,10H2,1-6H3/t12-/m0/s1. The van der Waals surface area contributed by atoms with Crippen molar-refractivity contribution in [1.29, 1.82) is 0 Å². The van der Waals surface area contributed by atoms with E-state index in [2.05, 4.69) is 25.8 Å². The Balaban J connectivity index is 2.52. The molecule has 0 bridgehead atoms. The zero-order valence-electron chi connectivity index (χ0n) is 12.4. The third-order valence-electron chi connectivity index (χ3n) is 2.71. The molecule has 18 heavy (non-hydrogen) atoms. The van der Waals surface area contributed by atoms with Crippen LogP contribution in [0, 0.1) is 5.92 Å². The third-order valence-corrected chi connectivity index (χ3v) is 2.71. The summed E-state index contributed by atoms with van der Waals surface area (Å²) < 4.78 is 11.4. The van der Waals surface area contributed by atoms with E-state index in [1.165, 1.54) is 0 Å². The van der Waals surface area contributed by atoms with Gasteiger partial charge < -0.3 is 9.47 Å². The summed E-state index contributed by atoms with van der Waals surface area (Å²) in [5.74, 6) is 1.16. The van der Waals surface area contributed by atoms with E-state index >= 15 is 0 Å². The Bertz CT molecular complexity index is 352. The molecule has 0 aliphatic carbocycles. The van der Waals surface area contributed by atoms with E-state index < -0.39 is 0 Å². The molecule has 1 atom stereocenters. The van der Waals surface area contributed by atoms with Crippen LogP contribution in [0.2, 0.25) is 0 Å². The Kier molecular flexibility index (Phi) is 5.15. The van der Waals surface area contributed by atoms with Gasteiger partial charge in [-0.2, -0.15) is 0 Å². The summed E-state index contributed by atoms with van der Waals surface area (Å²) >= 11 is 0. The summed E-state index contributed by atoms with van der Waals surface area (Å²) in [6, 6.07) is 3.90. The van der Waals surface area contributed by atoms with Gasteiger partial charge in [-0.3, -0.25) is 0 Å². The monoisotopic (exact) mass is 251 g/mol. The molecule has 1 heterocycles. The molecule has 0 aliphatic rings. The van der Waals surface area contributed by atoms with Crippen molar-refractivity contribution in [2.75, 3.05) is 0 Å². The van der Waals surface area contributed by atoms with Crippen molar-refractivity contribution >= 4 is 0 Å². The smallest absolute Gasteiger partial charge is 0.213 e. The van der Waals surface area contributed by atoms with Crippen molar-refractivity contribution < 1.29 is 9.47 Å². The fourth-order valence-corrected chi connectivity index (χ4v) is 1.19. The Labute approximate surface area is 111 Å². The summed E-state index contributed by atoms with van der Waals surface area (Å²) in [5, 5.41) is 0. The summed E-state index contributed by atoms with van der Waals surface area (Å²) in [7, 11) is 0. The van der Waals surface area contributed by atoms with Crippen molar-refractivity contribution in [3.8, 4) is 5.88 Å². The Morgan fingerprint density at radius 3 is 2.28 bits per heavy atom. The van der Waals surface area contributed by atoms with Crippen LogP contribution in [0.25, 0.3) is 0 Å². The molecule has 1 aromatic heterocycles. The molecule has 0 fully saturated rings. The molecule has 0 radical (unpaired) electrons. The van der Waals surface area contributed by atoms with Gasteiger partial charge in [0.25, 0.3) is 0 Å². The zero-order valence-corrected chi connectivity index (χ0v) is 12.4. The minimum absolute atomic E-state index is 0.124. The van der Waals surface area contributed by atoms with Crippen LogP contribution >= 0.6 is 0 Å². The van der Waals surface area contributed by atoms with Gasteiger partial charge >= 0.3 is 0 Å². The van der Waals surface area contributed by atoms with Crippen molar-refractivity contribution in [1.82, 2.24) is 4.98 Å². The van der Waals surface area contributed by atoms with E-state index in [1.54, 1.807) is 0 Å². The molecular weight excluding hydrogens is 226 g/mol. The minimum atomic E-state index is -0.124. The molecule has 3 heteroatoms. The van der Waals surface area contributed by atoms with Crippen molar-refractivity contribution in [3.05, 3.63) is 23.9 Å². The van der Waals surface area contributed by atoms with Crippen LogP contribution in [0.4, 0.5) is 0 Å². The van der Waals surface area contributed by atoms with E-state index in [0.29, 0.717) is 18.4 Å². The van der Waals surface area contributed by atoms with Crippen LogP contribution in [0.1, 0.15) is 47.1 Å². The number of nitrogens with zero attached hydrogens (tertiary/aromatic N) is 1. The summed E-state index contributed by atoms with van der Waals surface area (Å²) in [4.78, 5) is 4.30. The predicted molar refractivity (Wildman–Crippen MR) is 73.7 cm³/mol. The highest BCUT2D eigenvalue weighted by atomic mass is 16.5. The normalized spacial score (nSPS) is 13.7. The average Bonchev–Trinajstić information content (AvgIpc) is 2.27. The largest absolute Gasteiger partial charge is 0.474 e. The second-order valence-corrected chi connectivity index (χ2v) is 5.97. The lowest BCUT2D eigenvalue weighted by atomic mass is 10.1. The van der Waals surface area contributed by atoms with Gasteiger partial charge in [-0.15, -0.1) is 0 Å². The van der Waals surface area contributed by atoms with Crippen LogP contribution < -0.4 is 4.74 Å². The van der Waals surface area contributed by atoms with Gasteiger partial charge in [-0.1, -0.05) is 13.8 Å². The highest BCUT2D eigenvalue weighted by Gasteiger charge is 2.11. The van der Waals surface area contributed by atoms with E-state index in [-0.39, 0.29) is 11.7 Å². The molecular formula is C15H25NO2. The minimum Gasteiger partial charge on any atom is -0.474 e. The molecule has 0 spiro atoms. The molecule has 0 saturated carbocycles. The first-order chi connectivity index (χ1) is 8.28. The topological polar surface area (TPSA) is 31.4 Å². The highest BCUT2D eigenvalue weighted by Crippen LogP contribution is 2.15. The molecule has 0 aliphatic heterocycles. The van der Waals surface area contributed by atoms with Crippen LogP contribution in [0.5, 0.6) is 5.88 Å². The SMILES string of the molecule is CC(C)[C@H](C)Oc1ccc(COC(C)(C)C)cn1. The first kappa shape index (κ1) is 15.0. The van der Waals surface area contributed by atoms with Crippen LogP contribution in [0.15, 0.2) is 18.3 Å². The van der Waals surface area contributed by atoms with Crippen LogP contribution in [-0.2, 0) is 11.3 Å². The predicted octanol–water partition coefficient (Wildman–Crippen LogP) is 3.82. The second-order valence-electron chi connectivity index (χ2n) is 5.97. The molecule has 0 saturated heterocycles. The van der Waals surface area contributed by atoms with Gasteiger partial charge in [0.05, 0.1) is 18.3 Å². The van der Waals surface area contributed by atoms with Crippen molar-refractivity contribution in [2.45, 2.75) is 59.9 Å². The van der Waals surface area contributed by atoms with E-state index in [1.807, 2.05) is 39.1 Å². The first-order valence-corrected chi connectivity index (χ1v) is 6.53. The molecule has 0 amide bonds. The maximum absolute atomic E-state index is 5.72. The van der Waals surface area contributed by atoms with Crippen molar-refractivity contribution in [2.24, 2.45) is 5.92 Å². The number of aromatic nitrogens is 1. The molecule has 3 nitrogen and oxygen atoms in total. The van der Waals surface area contributed by atoms with Gasteiger partial charge in [0, 0.05) is 12.3 Å². The molecule has 1 rings (SSSR count). The lowest BCUT2D eigenvalue weighted by Crippen LogP contribution is -2.19. The average molecular weight is 251 g/mol. The van der Waals surface area contributed by atoms with Crippen LogP contribution in [0.3, 0.4) is 0 Å². The number of pyridine rings is 1. The maximum Gasteiger partial charge on any atom is 0.213 e. The quantitative estimate of drug-likeness (QED) is 0.797. The maximum atomic E-state index is 5.72. The fraction of sp³-hybridized carbons (Fsp3) is 0.667. The molecule has 0 N–H and O–H groups in total. The van der Waals surface area contributed by atoms with E-state index in [4.69, 9.17) is 9.47 Å². The number of hydrogen-bond donors (Lipinski definition) is 0. The molecule has 102 valence electrons. The van der Waals surface area contributed by atoms with Gasteiger partial charge in [0.2, 0.25) is 5.88 Å². The molecule has 1 aromatic rings.